The maximum atomic E-state index is 10.3. The first-order valence-corrected chi connectivity index (χ1v) is 3.16. The number of nitrogens with two attached hydrogens (primary N) is 1. The highest BCUT2D eigenvalue weighted by atomic mass is 32.2. The lowest BCUT2D eigenvalue weighted by Crippen LogP contribution is -2.11. The number of primary amides is 1. The Morgan fingerprint density at radius 3 is 2.33 bits per heavy atom. The molecule has 50 valence electrons. The van der Waals surface area contributed by atoms with E-state index in [0.29, 0.717) is 5.62 Å². The fourth-order valence-electron chi connectivity index (χ4n) is 0.320. The van der Waals surface area contributed by atoms with Crippen molar-refractivity contribution < 1.29 is 9.59 Å². The van der Waals surface area contributed by atoms with Crippen LogP contribution in [0.5, 0.6) is 0 Å². The molecule has 2 N–H and O–H groups in total. The largest absolute Gasteiger partial charge is 0.365 e. The molecular formula is C5H7NO2S. The van der Waals surface area contributed by atoms with Crippen LogP contribution in [-0.4, -0.2) is 11.5 Å². The molecule has 0 rings (SSSR count). The van der Waals surface area contributed by atoms with Crippen LogP contribution in [0.25, 0.3) is 0 Å². The molecule has 0 atom stereocenters. The first-order chi connectivity index (χ1) is 4.22. The van der Waals surface area contributed by atoms with Crippen LogP contribution in [0.1, 0.15) is 6.92 Å². The van der Waals surface area contributed by atoms with Gasteiger partial charge in [0.05, 0.1) is 4.91 Å². The highest BCUT2D eigenvalue weighted by Gasteiger charge is 2.00. The molecule has 0 spiro atoms. The Morgan fingerprint density at radius 1 is 1.67 bits per heavy atom. The molecule has 0 saturated carbocycles. The standard InChI is InChI=1S/C5H7NO2S/c1-2-4(5(6)8)9-3-7/h2-3H,1H3,(H2,6,8)/b4-2-. The van der Waals surface area contributed by atoms with Crippen molar-refractivity contribution in [3.8, 4) is 0 Å². The fraction of sp³-hybridized carbons (Fsp3) is 0.200. The predicted octanol–water partition coefficient (Wildman–Crippen LogP) is 0.299. The fourth-order valence-corrected chi connectivity index (χ4v) is 0.676. The topological polar surface area (TPSA) is 60.2 Å². The Morgan fingerprint density at radius 2 is 2.22 bits per heavy atom. The van der Waals surface area contributed by atoms with E-state index in [1.165, 1.54) is 6.08 Å². The first-order valence-electron chi connectivity index (χ1n) is 2.28. The van der Waals surface area contributed by atoms with Gasteiger partial charge < -0.3 is 5.73 Å². The normalized spacial score (nSPS) is 11.0. The third-order valence-electron chi connectivity index (χ3n) is 0.680. The highest BCUT2D eigenvalue weighted by molar-refractivity contribution is 8.16. The monoisotopic (exact) mass is 145 g/mol. The summed E-state index contributed by atoms with van der Waals surface area (Å²) in [7, 11) is 0. The molecule has 0 radical (unpaired) electrons. The van der Waals surface area contributed by atoms with E-state index in [9.17, 15) is 9.59 Å². The molecular weight excluding hydrogens is 138 g/mol. The molecule has 4 heteroatoms. The van der Waals surface area contributed by atoms with Gasteiger partial charge in [0.25, 0.3) is 5.91 Å². The second-order valence-electron chi connectivity index (χ2n) is 1.23. The average Bonchev–Trinajstić information content (AvgIpc) is 1.82. The van der Waals surface area contributed by atoms with Crippen molar-refractivity contribution in [1.82, 2.24) is 0 Å². The molecule has 0 aromatic rings. The molecule has 1 amide bonds. The smallest absolute Gasteiger partial charge is 0.255 e. The van der Waals surface area contributed by atoms with E-state index in [2.05, 4.69) is 0 Å². The molecule has 3 nitrogen and oxygen atoms in total. The van der Waals surface area contributed by atoms with Crippen LogP contribution in [0.15, 0.2) is 11.0 Å². The molecule has 0 saturated heterocycles. The molecule has 0 bridgehead atoms. The molecule has 0 aliphatic carbocycles. The minimum atomic E-state index is -0.561. The van der Waals surface area contributed by atoms with Gasteiger partial charge in [-0.3, -0.25) is 9.59 Å². The average molecular weight is 145 g/mol. The summed E-state index contributed by atoms with van der Waals surface area (Å²) in [6.07, 6.45) is 1.50. The lowest BCUT2D eigenvalue weighted by Gasteiger charge is -1.91. The second kappa shape index (κ2) is 4.14. The van der Waals surface area contributed by atoms with Gasteiger partial charge in [0.1, 0.15) is 0 Å². The molecule has 9 heavy (non-hydrogen) atoms. The lowest BCUT2D eigenvalue weighted by molar-refractivity contribution is -0.113. The van der Waals surface area contributed by atoms with Crippen LogP contribution >= 0.6 is 11.8 Å². The Labute approximate surface area is 57.3 Å². The van der Waals surface area contributed by atoms with E-state index in [1.54, 1.807) is 6.92 Å². The van der Waals surface area contributed by atoms with E-state index in [1.807, 2.05) is 0 Å². The Hall–Kier alpha value is -0.770. The van der Waals surface area contributed by atoms with E-state index >= 15 is 0 Å². The quantitative estimate of drug-likeness (QED) is 0.459. The summed E-state index contributed by atoms with van der Waals surface area (Å²) in [5.74, 6) is -0.561. The Bertz CT molecular complexity index is 153. The molecule has 0 aliphatic rings. The van der Waals surface area contributed by atoms with Crippen molar-refractivity contribution in [1.29, 1.82) is 0 Å². The third kappa shape index (κ3) is 2.92. The van der Waals surface area contributed by atoms with Gasteiger partial charge in [-0.25, -0.2) is 0 Å². The summed E-state index contributed by atoms with van der Waals surface area (Å²) in [6, 6.07) is 0. The molecule has 0 aromatic carbocycles. The summed E-state index contributed by atoms with van der Waals surface area (Å²) < 4.78 is 0. The van der Waals surface area contributed by atoms with Crippen molar-refractivity contribution in [2.24, 2.45) is 5.73 Å². The van der Waals surface area contributed by atoms with E-state index in [-0.39, 0.29) is 4.91 Å². The van der Waals surface area contributed by atoms with Crippen molar-refractivity contribution in [2.45, 2.75) is 6.92 Å². The minimum absolute atomic E-state index is 0.282. The van der Waals surface area contributed by atoms with Crippen LogP contribution in [0.2, 0.25) is 0 Å². The maximum absolute atomic E-state index is 10.3. The van der Waals surface area contributed by atoms with Crippen LogP contribution < -0.4 is 5.73 Å². The number of amides is 1. The molecule has 0 aromatic heterocycles. The SMILES string of the molecule is C/C=C(\SC=O)C(N)=O. The summed E-state index contributed by atoms with van der Waals surface area (Å²) in [5.41, 5.74) is 5.42. The van der Waals surface area contributed by atoms with Gasteiger partial charge in [-0.15, -0.1) is 0 Å². The van der Waals surface area contributed by atoms with Crippen molar-refractivity contribution >= 4 is 23.3 Å². The van der Waals surface area contributed by atoms with Gasteiger partial charge in [-0.05, 0) is 18.7 Å². The number of carbonyl (C=O) groups is 2. The van der Waals surface area contributed by atoms with Crippen LogP contribution in [-0.2, 0) is 9.59 Å². The zero-order chi connectivity index (χ0) is 7.28. The summed E-state index contributed by atoms with van der Waals surface area (Å²) in [6.45, 7) is 1.65. The number of allylic oxidation sites excluding steroid dienone is 1. The number of carbonyl (C=O) groups excluding carboxylic acids is 2. The lowest BCUT2D eigenvalue weighted by atomic mass is 10.5. The van der Waals surface area contributed by atoms with E-state index in [0.717, 1.165) is 11.8 Å². The van der Waals surface area contributed by atoms with Gasteiger partial charge in [0.15, 0.2) is 5.62 Å². The number of thioether (sulfide) groups is 1. The zero-order valence-corrected chi connectivity index (χ0v) is 5.77. The zero-order valence-electron chi connectivity index (χ0n) is 4.96. The van der Waals surface area contributed by atoms with Gasteiger partial charge in [-0.1, -0.05) is 6.08 Å². The summed E-state index contributed by atoms with van der Waals surface area (Å²) in [4.78, 5) is 20.4. The Balaban J connectivity index is 4.00. The number of hydrogen-bond donors (Lipinski definition) is 1. The van der Waals surface area contributed by atoms with E-state index in [4.69, 9.17) is 5.73 Å². The first kappa shape index (κ1) is 8.23. The Kier molecular flexibility index (Phi) is 3.79. The molecule has 0 aliphatic heterocycles. The molecule has 0 fully saturated rings. The van der Waals surface area contributed by atoms with Crippen LogP contribution in [0.3, 0.4) is 0 Å². The van der Waals surface area contributed by atoms with Gasteiger partial charge in [0.2, 0.25) is 0 Å². The van der Waals surface area contributed by atoms with Gasteiger partial charge in [-0.2, -0.15) is 0 Å². The molecule has 0 heterocycles. The minimum Gasteiger partial charge on any atom is -0.365 e. The predicted molar refractivity (Wildman–Crippen MR) is 37.3 cm³/mol. The van der Waals surface area contributed by atoms with Crippen molar-refractivity contribution in [2.75, 3.05) is 0 Å². The summed E-state index contributed by atoms with van der Waals surface area (Å²) in [5, 5.41) is 0. The highest BCUT2D eigenvalue weighted by Crippen LogP contribution is 2.09. The summed E-state index contributed by atoms with van der Waals surface area (Å²) >= 11 is 0.791. The number of hydrogen-bond acceptors (Lipinski definition) is 3. The number of rotatable bonds is 3. The van der Waals surface area contributed by atoms with Crippen molar-refractivity contribution in [3.63, 3.8) is 0 Å². The van der Waals surface area contributed by atoms with Crippen molar-refractivity contribution in [3.05, 3.63) is 11.0 Å². The maximum Gasteiger partial charge on any atom is 0.255 e. The van der Waals surface area contributed by atoms with Gasteiger partial charge >= 0.3 is 0 Å². The third-order valence-corrected chi connectivity index (χ3v) is 1.47. The van der Waals surface area contributed by atoms with E-state index < -0.39 is 5.91 Å². The van der Waals surface area contributed by atoms with Crippen LogP contribution in [0, 0.1) is 0 Å². The second-order valence-corrected chi connectivity index (χ2v) is 2.10. The van der Waals surface area contributed by atoms with Gasteiger partial charge in [0, 0.05) is 0 Å². The molecule has 0 unspecified atom stereocenters. The van der Waals surface area contributed by atoms with Crippen LogP contribution in [0.4, 0.5) is 0 Å².